The van der Waals surface area contributed by atoms with Gasteiger partial charge in [-0.2, -0.15) is 5.10 Å². The van der Waals surface area contributed by atoms with Crippen LogP contribution in [-0.4, -0.2) is 28.1 Å². The normalized spacial score (nSPS) is 13.5. The monoisotopic (exact) mass is 348 g/mol. The Morgan fingerprint density at radius 1 is 1.20 bits per heavy atom. The summed E-state index contributed by atoms with van der Waals surface area (Å²) in [5, 5.41) is 6.67. The summed E-state index contributed by atoms with van der Waals surface area (Å²) in [4.78, 5) is 26.0. The van der Waals surface area contributed by atoms with Gasteiger partial charge in [0.15, 0.2) is 0 Å². The Labute approximate surface area is 143 Å². The number of fused-ring (bicyclic) bond motifs is 1. The number of nitrogens with zero attached hydrogens (tertiary/aromatic N) is 3. The summed E-state index contributed by atoms with van der Waals surface area (Å²) in [6, 6.07) is 4.74. The number of hydrogen-bond donors (Lipinski definition) is 1. The van der Waals surface area contributed by atoms with E-state index < -0.39 is 17.5 Å². The first-order chi connectivity index (χ1) is 11.9. The van der Waals surface area contributed by atoms with Crippen LogP contribution in [0.15, 0.2) is 24.3 Å². The van der Waals surface area contributed by atoms with E-state index in [9.17, 15) is 18.4 Å². The Hall–Kier alpha value is -2.77. The van der Waals surface area contributed by atoms with Gasteiger partial charge in [0.05, 0.1) is 11.4 Å². The summed E-state index contributed by atoms with van der Waals surface area (Å²) in [6.45, 7) is 3.20. The van der Waals surface area contributed by atoms with Gasteiger partial charge < -0.3 is 5.32 Å². The summed E-state index contributed by atoms with van der Waals surface area (Å²) < 4.78 is 28.2. The Balaban J connectivity index is 1.58. The molecule has 1 N–H and O–H groups in total. The van der Waals surface area contributed by atoms with Crippen molar-refractivity contribution in [1.82, 2.24) is 9.78 Å². The van der Waals surface area contributed by atoms with Crippen molar-refractivity contribution in [2.45, 2.75) is 32.7 Å². The van der Waals surface area contributed by atoms with Crippen molar-refractivity contribution in [2.75, 3.05) is 16.8 Å². The quantitative estimate of drug-likeness (QED) is 0.924. The van der Waals surface area contributed by atoms with Crippen molar-refractivity contribution < 1.29 is 18.4 Å². The van der Waals surface area contributed by atoms with E-state index in [4.69, 9.17) is 0 Å². The average Bonchev–Trinajstić information content (AvgIpc) is 2.95. The number of aryl methyl sites for hydroxylation is 2. The maximum atomic E-state index is 13.5. The summed E-state index contributed by atoms with van der Waals surface area (Å²) in [5.41, 5.74) is 0.727. The van der Waals surface area contributed by atoms with Crippen LogP contribution in [0.1, 0.15) is 25.0 Å². The largest absolute Gasteiger partial charge is 0.324 e. The van der Waals surface area contributed by atoms with Gasteiger partial charge in [0.25, 0.3) is 0 Å². The van der Waals surface area contributed by atoms with Gasteiger partial charge in [-0.1, -0.05) is 0 Å². The number of halogens is 2. The predicted octanol–water partition coefficient (Wildman–Crippen LogP) is 2.63. The van der Waals surface area contributed by atoms with E-state index in [0.717, 1.165) is 36.6 Å². The summed E-state index contributed by atoms with van der Waals surface area (Å²) in [7, 11) is 0. The fourth-order valence-corrected chi connectivity index (χ4v) is 2.82. The lowest BCUT2D eigenvalue weighted by atomic mass is 10.2. The second-order valence-electron chi connectivity index (χ2n) is 5.94. The molecule has 0 saturated carbocycles. The molecule has 25 heavy (non-hydrogen) atoms. The molecule has 2 amide bonds. The van der Waals surface area contributed by atoms with Crippen LogP contribution >= 0.6 is 0 Å². The highest BCUT2D eigenvalue weighted by molar-refractivity contribution is 5.97. The number of rotatable bonds is 4. The molecular formula is C17H18F2N4O2. The first-order valence-electron chi connectivity index (χ1n) is 8.04. The number of carbonyl (C=O) groups is 2. The van der Waals surface area contributed by atoms with Crippen LogP contribution in [-0.2, 0) is 16.1 Å². The van der Waals surface area contributed by atoms with Gasteiger partial charge in [0.2, 0.25) is 11.8 Å². The topological polar surface area (TPSA) is 67.2 Å². The minimum Gasteiger partial charge on any atom is -0.324 e. The van der Waals surface area contributed by atoms with Gasteiger partial charge in [0, 0.05) is 38.1 Å². The molecule has 1 aliphatic rings. The maximum absolute atomic E-state index is 13.5. The zero-order valence-electron chi connectivity index (χ0n) is 13.8. The first kappa shape index (κ1) is 17.1. The molecule has 1 aromatic heterocycles. The fraction of sp³-hybridized carbons (Fsp3) is 0.353. The fourth-order valence-electron chi connectivity index (χ4n) is 2.82. The van der Waals surface area contributed by atoms with Gasteiger partial charge in [-0.05, 0) is 25.5 Å². The maximum Gasteiger partial charge on any atom is 0.228 e. The van der Waals surface area contributed by atoms with E-state index in [1.165, 1.54) is 0 Å². The van der Waals surface area contributed by atoms with Crippen molar-refractivity contribution in [3.63, 3.8) is 0 Å². The zero-order valence-corrected chi connectivity index (χ0v) is 13.8. The van der Waals surface area contributed by atoms with Crippen LogP contribution in [0, 0.1) is 18.6 Å². The number of aromatic nitrogens is 2. The number of anilines is 2. The molecule has 0 atom stereocenters. The van der Waals surface area contributed by atoms with Gasteiger partial charge in [-0.3, -0.25) is 14.5 Å². The second-order valence-corrected chi connectivity index (χ2v) is 5.94. The highest BCUT2D eigenvalue weighted by Crippen LogP contribution is 2.23. The Kier molecular flexibility index (Phi) is 4.78. The van der Waals surface area contributed by atoms with Crippen molar-refractivity contribution in [1.29, 1.82) is 0 Å². The van der Waals surface area contributed by atoms with Gasteiger partial charge in [0.1, 0.15) is 17.5 Å². The van der Waals surface area contributed by atoms with Crippen LogP contribution in [0.2, 0.25) is 0 Å². The Morgan fingerprint density at radius 2 is 2.00 bits per heavy atom. The lowest BCUT2D eigenvalue weighted by Gasteiger charge is -2.27. The van der Waals surface area contributed by atoms with Crippen molar-refractivity contribution in [2.24, 2.45) is 0 Å². The molecule has 8 heteroatoms. The average molecular weight is 348 g/mol. The first-order valence-corrected chi connectivity index (χ1v) is 8.04. The molecule has 0 aliphatic carbocycles. The Morgan fingerprint density at radius 3 is 2.76 bits per heavy atom. The number of hydrogen-bond acceptors (Lipinski definition) is 3. The summed E-state index contributed by atoms with van der Waals surface area (Å²) in [5.74, 6) is -1.52. The number of benzene rings is 1. The molecule has 1 aromatic carbocycles. The molecule has 0 bridgehead atoms. The third kappa shape index (κ3) is 3.84. The molecule has 0 unspecified atom stereocenters. The second kappa shape index (κ2) is 7.00. The van der Waals surface area contributed by atoms with E-state index in [1.807, 2.05) is 13.0 Å². The van der Waals surface area contributed by atoms with Crippen LogP contribution in [0.25, 0.3) is 0 Å². The minimum atomic E-state index is -0.852. The number of amides is 2. The van der Waals surface area contributed by atoms with E-state index >= 15 is 0 Å². The SMILES string of the molecule is Cc1cc2n(n1)CCCN2C(=O)CCC(=O)Nc1ccc(F)cc1F. The van der Waals surface area contributed by atoms with Crippen LogP contribution in [0.5, 0.6) is 0 Å². The lowest BCUT2D eigenvalue weighted by Crippen LogP contribution is -2.37. The molecule has 2 aromatic rings. The molecule has 3 rings (SSSR count). The van der Waals surface area contributed by atoms with E-state index in [-0.39, 0.29) is 24.4 Å². The predicted molar refractivity (Wildman–Crippen MR) is 88.2 cm³/mol. The molecule has 0 spiro atoms. The third-order valence-electron chi connectivity index (χ3n) is 3.98. The molecule has 0 radical (unpaired) electrons. The zero-order chi connectivity index (χ0) is 18.0. The Bertz CT molecular complexity index is 819. The van der Waals surface area contributed by atoms with Crippen LogP contribution < -0.4 is 10.2 Å². The lowest BCUT2D eigenvalue weighted by molar-refractivity contribution is -0.122. The van der Waals surface area contributed by atoms with E-state index in [1.54, 1.807) is 9.58 Å². The van der Waals surface area contributed by atoms with E-state index in [0.29, 0.717) is 12.6 Å². The van der Waals surface area contributed by atoms with Crippen molar-refractivity contribution in [3.8, 4) is 0 Å². The molecule has 0 fully saturated rings. The summed E-state index contributed by atoms with van der Waals surface area (Å²) in [6.07, 6.45) is 0.713. The molecule has 0 saturated heterocycles. The number of carbonyl (C=O) groups excluding carboxylic acids is 2. The highest BCUT2D eigenvalue weighted by atomic mass is 19.1. The number of nitrogens with one attached hydrogen (secondary N) is 1. The van der Waals surface area contributed by atoms with Gasteiger partial charge >= 0.3 is 0 Å². The van der Waals surface area contributed by atoms with Gasteiger partial charge in [-0.15, -0.1) is 0 Å². The molecule has 2 heterocycles. The molecule has 6 nitrogen and oxygen atoms in total. The molecule has 1 aliphatic heterocycles. The molecule has 132 valence electrons. The standard InChI is InChI=1S/C17H18F2N4O2/c1-11-9-16-22(7-2-8-23(16)21-11)17(25)6-5-15(24)20-14-4-3-12(18)10-13(14)19/h3-4,9-10H,2,5-8H2,1H3,(H,20,24). The van der Waals surface area contributed by atoms with Crippen LogP contribution in [0.4, 0.5) is 20.3 Å². The summed E-state index contributed by atoms with van der Waals surface area (Å²) >= 11 is 0. The van der Waals surface area contributed by atoms with Gasteiger partial charge in [-0.25, -0.2) is 13.5 Å². The van der Waals surface area contributed by atoms with Crippen LogP contribution in [0.3, 0.4) is 0 Å². The molecular weight excluding hydrogens is 330 g/mol. The van der Waals surface area contributed by atoms with Crippen molar-refractivity contribution >= 4 is 23.3 Å². The highest BCUT2D eigenvalue weighted by Gasteiger charge is 2.24. The van der Waals surface area contributed by atoms with E-state index in [2.05, 4.69) is 10.4 Å². The smallest absolute Gasteiger partial charge is 0.228 e. The van der Waals surface area contributed by atoms with Crippen molar-refractivity contribution in [3.05, 3.63) is 41.6 Å². The minimum absolute atomic E-state index is 0.00112. The third-order valence-corrected chi connectivity index (χ3v) is 3.98.